The number of benzene rings is 1. The van der Waals surface area contributed by atoms with E-state index in [0.29, 0.717) is 0 Å². The van der Waals surface area contributed by atoms with Gasteiger partial charge in [0, 0.05) is 0 Å². The summed E-state index contributed by atoms with van der Waals surface area (Å²) in [5.74, 6) is 0. The molecule has 60 valence electrons. The molecule has 0 spiro atoms. The predicted molar refractivity (Wildman–Crippen MR) is 54.1 cm³/mol. The Bertz CT molecular complexity index is 309. The van der Waals surface area contributed by atoms with Gasteiger partial charge in [0.25, 0.3) is 0 Å². The minimum absolute atomic E-state index is 0.0742. The Kier molecular flexibility index (Phi) is 2.66. The zero-order valence-electron chi connectivity index (χ0n) is 6.73. The van der Waals surface area contributed by atoms with Crippen LogP contribution in [0.5, 0.6) is 0 Å². The number of rotatable bonds is 1. The summed E-state index contributed by atoms with van der Waals surface area (Å²) < 4.78 is 2.90. The van der Waals surface area contributed by atoms with Gasteiger partial charge in [0.15, 0.2) is 0 Å². The summed E-state index contributed by atoms with van der Waals surface area (Å²) in [6.45, 7) is 0. The topological polar surface area (TPSA) is 0 Å². The zero-order chi connectivity index (χ0) is 8.23. The van der Waals surface area contributed by atoms with E-state index < -0.39 is 0 Å². The maximum atomic E-state index is 2.27. The summed E-state index contributed by atoms with van der Waals surface area (Å²) in [5, 5.41) is 0. The van der Waals surface area contributed by atoms with E-state index in [2.05, 4.69) is 48.6 Å². The Balaban J connectivity index is 2.31. The minimum atomic E-state index is 0.0742. The molecule has 12 heavy (non-hydrogen) atoms. The van der Waals surface area contributed by atoms with Gasteiger partial charge >= 0.3 is 83.1 Å². The summed E-state index contributed by atoms with van der Waals surface area (Å²) in [6, 6.07) is 10.7. The molecule has 1 aliphatic heterocycles. The van der Waals surface area contributed by atoms with E-state index in [-0.39, 0.29) is 20.9 Å². The van der Waals surface area contributed by atoms with Crippen molar-refractivity contribution in [2.45, 2.75) is 4.47 Å². The van der Waals surface area contributed by atoms with Crippen LogP contribution in [0.25, 0.3) is 3.62 Å². The second kappa shape index (κ2) is 3.94. The molecule has 0 amide bonds. The van der Waals surface area contributed by atoms with E-state index in [1.54, 1.807) is 3.62 Å². The Labute approximate surface area is 83.1 Å². The molecule has 1 aliphatic rings. The molecule has 0 saturated heterocycles. The first kappa shape index (κ1) is 8.10. The van der Waals surface area contributed by atoms with Crippen LogP contribution in [0.15, 0.2) is 48.6 Å². The second-order valence-corrected chi connectivity index (χ2v) is 5.67. The Morgan fingerprint density at radius 1 is 1.08 bits per heavy atom. The maximum absolute atomic E-state index is 2.27. The van der Waals surface area contributed by atoms with Crippen LogP contribution < -0.4 is 0 Å². The fourth-order valence-electron chi connectivity index (χ4n) is 1.18. The summed E-state index contributed by atoms with van der Waals surface area (Å²) in [7, 11) is 0. The first-order chi connectivity index (χ1) is 5.97. The monoisotopic (exact) mass is 272 g/mol. The molecule has 0 aromatic heterocycles. The van der Waals surface area contributed by atoms with Crippen molar-refractivity contribution in [3.63, 3.8) is 0 Å². The van der Waals surface area contributed by atoms with Crippen molar-refractivity contribution < 1.29 is 0 Å². The van der Waals surface area contributed by atoms with Gasteiger partial charge in [-0.15, -0.1) is 0 Å². The molecule has 0 atom stereocenters. The van der Waals surface area contributed by atoms with Gasteiger partial charge in [-0.05, 0) is 0 Å². The van der Waals surface area contributed by atoms with Crippen molar-refractivity contribution in [1.29, 1.82) is 0 Å². The standard InChI is InChI=1S/C11H10Te/c1-2-6-10(7-3-1)11-8-4-5-9-12-11/h1-8H,9H2. The third-order valence-electron chi connectivity index (χ3n) is 1.78. The van der Waals surface area contributed by atoms with Crippen LogP contribution in [0.3, 0.4) is 0 Å². The van der Waals surface area contributed by atoms with Crippen molar-refractivity contribution in [1.82, 2.24) is 0 Å². The molecule has 0 fully saturated rings. The van der Waals surface area contributed by atoms with Gasteiger partial charge in [0.1, 0.15) is 0 Å². The number of hydrogen-bond acceptors (Lipinski definition) is 0. The number of hydrogen-bond donors (Lipinski definition) is 0. The Hall–Kier alpha value is -0.510. The molecule has 1 heteroatoms. The van der Waals surface area contributed by atoms with Gasteiger partial charge in [0.05, 0.1) is 0 Å². The van der Waals surface area contributed by atoms with Gasteiger partial charge in [-0.1, -0.05) is 0 Å². The molecule has 0 unspecified atom stereocenters. The van der Waals surface area contributed by atoms with E-state index in [1.165, 1.54) is 10.0 Å². The summed E-state index contributed by atoms with van der Waals surface area (Å²) in [6.07, 6.45) is 6.71. The molecule has 0 radical (unpaired) electrons. The van der Waals surface area contributed by atoms with Gasteiger partial charge < -0.3 is 0 Å². The molecule has 0 saturated carbocycles. The van der Waals surface area contributed by atoms with Crippen LogP contribution in [-0.4, -0.2) is 20.9 Å². The average Bonchev–Trinajstić information content (AvgIpc) is 2.21. The number of allylic oxidation sites excluding steroid dienone is 3. The van der Waals surface area contributed by atoms with Gasteiger partial charge in [0.2, 0.25) is 0 Å². The molecule has 0 nitrogen and oxygen atoms in total. The van der Waals surface area contributed by atoms with Crippen molar-refractivity contribution in [2.24, 2.45) is 0 Å². The predicted octanol–water partition coefficient (Wildman–Crippen LogP) is 2.72. The SMILES string of the molecule is C1=CC[Te]C(c2ccccc2)=C1. The van der Waals surface area contributed by atoms with Crippen LogP contribution in [0.1, 0.15) is 5.56 Å². The fourth-order valence-corrected chi connectivity index (χ4v) is 3.65. The van der Waals surface area contributed by atoms with Crippen molar-refractivity contribution in [2.75, 3.05) is 0 Å². The summed E-state index contributed by atoms with van der Waals surface area (Å²) in [5.41, 5.74) is 1.42. The third kappa shape index (κ3) is 1.80. The van der Waals surface area contributed by atoms with Gasteiger partial charge in [-0.2, -0.15) is 0 Å². The van der Waals surface area contributed by atoms with Crippen molar-refractivity contribution >= 4 is 24.5 Å². The molecule has 1 heterocycles. The molecule has 0 N–H and O–H groups in total. The van der Waals surface area contributed by atoms with Crippen molar-refractivity contribution in [3.8, 4) is 0 Å². The van der Waals surface area contributed by atoms with Crippen LogP contribution in [0.2, 0.25) is 4.47 Å². The summed E-state index contributed by atoms with van der Waals surface area (Å²) in [4.78, 5) is 0. The van der Waals surface area contributed by atoms with Gasteiger partial charge in [-0.25, -0.2) is 0 Å². The first-order valence-corrected chi connectivity index (χ1v) is 6.83. The molecule has 1 aromatic rings. The molecule has 2 rings (SSSR count). The van der Waals surface area contributed by atoms with E-state index in [0.717, 1.165) is 0 Å². The van der Waals surface area contributed by atoms with Crippen LogP contribution in [0.4, 0.5) is 0 Å². The van der Waals surface area contributed by atoms with E-state index in [1.807, 2.05) is 0 Å². The molecule has 0 bridgehead atoms. The average molecular weight is 270 g/mol. The first-order valence-electron chi connectivity index (χ1n) is 4.02. The molecule has 0 aliphatic carbocycles. The van der Waals surface area contributed by atoms with Crippen LogP contribution in [-0.2, 0) is 0 Å². The zero-order valence-corrected chi connectivity index (χ0v) is 9.06. The quantitative estimate of drug-likeness (QED) is 0.688. The summed E-state index contributed by atoms with van der Waals surface area (Å²) >= 11 is 0.0742. The van der Waals surface area contributed by atoms with Crippen LogP contribution in [0, 0.1) is 0 Å². The third-order valence-corrected chi connectivity index (χ3v) is 4.75. The Morgan fingerprint density at radius 2 is 1.92 bits per heavy atom. The van der Waals surface area contributed by atoms with Gasteiger partial charge in [-0.3, -0.25) is 0 Å². The Morgan fingerprint density at radius 3 is 2.58 bits per heavy atom. The van der Waals surface area contributed by atoms with E-state index in [9.17, 15) is 0 Å². The molecular formula is C11H10Te. The normalized spacial score (nSPS) is 15.8. The van der Waals surface area contributed by atoms with E-state index in [4.69, 9.17) is 0 Å². The second-order valence-electron chi connectivity index (χ2n) is 2.64. The molecular weight excluding hydrogens is 260 g/mol. The van der Waals surface area contributed by atoms with Crippen LogP contribution >= 0.6 is 0 Å². The fraction of sp³-hybridized carbons (Fsp3) is 0.0909. The van der Waals surface area contributed by atoms with Crippen molar-refractivity contribution in [3.05, 3.63) is 54.1 Å². The van der Waals surface area contributed by atoms with E-state index >= 15 is 0 Å². The molecule has 1 aromatic carbocycles.